The molecule has 0 saturated heterocycles. The summed E-state index contributed by atoms with van der Waals surface area (Å²) in [4.78, 5) is 0. The average molecular weight is 305 g/mol. The second-order valence-corrected chi connectivity index (χ2v) is 4.24. The minimum atomic E-state index is -0.465. The Morgan fingerprint density at radius 3 is 2.06 bits per heavy atom. The lowest BCUT2D eigenvalue weighted by Crippen LogP contribution is -2.07. The van der Waals surface area contributed by atoms with Crippen molar-refractivity contribution in [3.63, 3.8) is 0 Å². The van der Waals surface area contributed by atoms with Gasteiger partial charge >= 0.3 is 0 Å². The molecule has 0 amide bonds. The van der Waals surface area contributed by atoms with Gasteiger partial charge in [-0.2, -0.15) is 0 Å². The molecule has 0 radical (unpaired) electrons. The van der Waals surface area contributed by atoms with Crippen LogP contribution in [-0.4, -0.2) is 28.4 Å². The molecule has 0 heterocycles. The van der Waals surface area contributed by atoms with Crippen LogP contribution in [0.4, 0.5) is 0 Å². The number of hydrogen-bond donors (Lipinski definition) is 0. The SMILES string of the molecule is COc1cc(C(OC)OC)c(Br)c(OC)c1C. The molecule has 0 aliphatic rings. The first-order valence-electron chi connectivity index (χ1n) is 5.07. The second kappa shape index (κ2) is 6.23. The number of ether oxygens (including phenoxy) is 4. The largest absolute Gasteiger partial charge is 0.496 e. The van der Waals surface area contributed by atoms with E-state index in [9.17, 15) is 0 Å². The van der Waals surface area contributed by atoms with Crippen molar-refractivity contribution in [2.45, 2.75) is 13.2 Å². The zero-order valence-corrected chi connectivity index (χ0v) is 12.3. The molecule has 0 aliphatic carbocycles. The third kappa shape index (κ3) is 2.73. The molecule has 0 N–H and O–H groups in total. The molecule has 5 heteroatoms. The summed E-state index contributed by atoms with van der Waals surface area (Å²) in [6.45, 7) is 1.93. The molecule has 4 nitrogen and oxygen atoms in total. The van der Waals surface area contributed by atoms with Crippen molar-refractivity contribution in [1.82, 2.24) is 0 Å². The van der Waals surface area contributed by atoms with Gasteiger partial charge in [0.25, 0.3) is 0 Å². The summed E-state index contributed by atoms with van der Waals surface area (Å²) in [5.74, 6) is 1.46. The molecule has 0 aromatic heterocycles. The number of hydrogen-bond acceptors (Lipinski definition) is 4. The fraction of sp³-hybridized carbons (Fsp3) is 0.500. The van der Waals surface area contributed by atoms with E-state index in [1.807, 2.05) is 13.0 Å². The normalized spacial score (nSPS) is 10.8. The van der Waals surface area contributed by atoms with E-state index in [1.54, 1.807) is 28.4 Å². The van der Waals surface area contributed by atoms with Crippen molar-refractivity contribution in [2.24, 2.45) is 0 Å². The molecule has 0 bridgehead atoms. The predicted molar refractivity (Wildman–Crippen MR) is 68.7 cm³/mol. The molecule has 0 unspecified atom stereocenters. The molecule has 96 valence electrons. The van der Waals surface area contributed by atoms with Crippen LogP contribution in [0.2, 0.25) is 0 Å². The maximum Gasteiger partial charge on any atom is 0.184 e. The Labute approximate surface area is 110 Å². The summed E-state index contributed by atoms with van der Waals surface area (Å²) in [5.41, 5.74) is 1.76. The summed E-state index contributed by atoms with van der Waals surface area (Å²) in [6.07, 6.45) is -0.465. The summed E-state index contributed by atoms with van der Waals surface area (Å²) in [6, 6.07) is 1.87. The first kappa shape index (κ1) is 14.3. The Bertz CT molecular complexity index is 389. The van der Waals surface area contributed by atoms with Gasteiger partial charge in [0, 0.05) is 25.3 Å². The summed E-state index contributed by atoms with van der Waals surface area (Å²) < 4.78 is 22.0. The van der Waals surface area contributed by atoms with Gasteiger partial charge in [0.15, 0.2) is 6.29 Å². The van der Waals surface area contributed by atoms with Crippen LogP contribution in [-0.2, 0) is 9.47 Å². The third-order valence-corrected chi connectivity index (χ3v) is 3.37. The highest BCUT2D eigenvalue weighted by Crippen LogP contribution is 2.41. The fourth-order valence-corrected chi connectivity index (χ4v) is 2.46. The standard InChI is InChI=1S/C12H17BrO4/c1-7-9(14-2)6-8(12(16-4)17-5)10(13)11(7)15-3/h6,12H,1-5H3. The lowest BCUT2D eigenvalue weighted by molar-refractivity contribution is -0.106. The maximum atomic E-state index is 5.36. The van der Waals surface area contributed by atoms with E-state index in [1.165, 1.54) is 0 Å². The zero-order chi connectivity index (χ0) is 13.0. The van der Waals surface area contributed by atoms with Crippen LogP contribution in [0, 0.1) is 6.92 Å². The van der Waals surface area contributed by atoms with E-state index in [0.29, 0.717) is 0 Å². The molecule has 0 fully saturated rings. The van der Waals surface area contributed by atoms with Gasteiger partial charge in [-0.15, -0.1) is 0 Å². The fourth-order valence-electron chi connectivity index (χ4n) is 1.70. The highest BCUT2D eigenvalue weighted by molar-refractivity contribution is 9.10. The maximum absolute atomic E-state index is 5.36. The van der Waals surface area contributed by atoms with Crippen LogP contribution >= 0.6 is 15.9 Å². The Balaban J connectivity index is 3.40. The third-order valence-electron chi connectivity index (χ3n) is 2.56. The molecule has 0 atom stereocenters. The first-order chi connectivity index (χ1) is 8.10. The van der Waals surface area contributed by atoms with Gasteiger partial charge in [0.2, 0.25) is 0 Å². The number of rotatable bonds is 5. The van der Waals surface area contributed by atoms with E-state index < -0.39 is 6.29 Å². The van der Waals surface area contributed by atoms with Crippen LogP contribution in [0.5, 0.6) is 11.5 Å². The Morgan fingerprint density at radius 1 is 1.06 bits per heavy atom. The van der Waals surface area contributed by atoms with Gasteiger partial charge < -0.3 is 18.9 Å². The Kier molecular flexibility index (Phi) is 5.24. The lowest BCUT2D eigenvalue weighted by Gasteiger charge is -2.20. The van der Waals surface area contributed by atoms with Crippen LogP contribution < -0.4 is 9.47 Å². The number of benzene rings is 1. The highest BCUT2D eigenvalue weighted by Gasteiger charge is 2.21. The molecule has 0 spiro atoms. The molecule has 0 saturated carbocycles. The van der Waals surface area contributed by atoms with E-state index in [-0.39, 0.29) is 0 Å². The Morgan fingerprint density at radius 2 is 1.65 bits per heavy atom. The quantitative estimate of drug-likeness (QED) is 0.784. The monoisotopic (exact) mass is 304 g/mol. The lowest BCUT2D eigenvalue weighted by atomic mass is 10.1. The van der Waals surface area contributed by atoms with Crippen LogP contribution in [0.1, 0.15) is 17.4 Å². The van der Waals surface area contributed by atoms with Gasteiger partial charge in [-0.25, -0.2) is 0 Å². The van der Waals surface area contributed by atoms with Crippen molar-refractivity contribution >= 4 is 15.9 Å². The van der Waals surface area contributed by atoms with Crippen LogP contribution in [0.3, 0.4) is 0 Å². The van der Waals surface area contributed by atoms with Crippen molar-refractivity contribution in [3.05, 3.63) is 21.7 Å². The minimum Gasteiger partial charge on any atom is -0.496 e. The molecule has 17 heavy (non-hydrogen) atoms. The topological polar surface area (TPSA) is 36.9 Å². The summed E-state index contributed by atoms with van der Waals surface area (Å²) >= 11 is 3.50. The zero-order valence-electron chi connectivity index (χ0n) is 10.7. The van der Waals surface area contributed by atoms with E-state index >= 15 is 0 Å². The minimum absolute atomic E-state index is 0.465. The van der Waals surface area contributed by atoms with Gasteiger partial charge in [0.1, 0.15) is 11.5 Å². The van der Waals surface area contributed by atoms with Crippen LogP contribution in [0.15, 0.2) is 10.5 Å². The molecule has 1 rings (SSSR count). The Hall–Kier alpha value is -0.780. The highest BCUT2D eigenvalue weighted by atomic mass is 79.9. The molecule has 1 aromatic carbocycles. The molecule has 0 aliphatic heterocycles. The van der Waals surface area contributed by atoms with Crippen molar-refractivity contribution in [2.75, 3.05) is 28.4 Å². The van der Waals surface area contributed by atoms with E-state index in [4.69, 9.17) is 18.9 Å². The molecular weight excluding hydrogens is 288 g/mol. The van der Waals surface area contributed by atoms with E-state index in [0.717, 1.165) is 27.1 Å². The van der Waals surface area contributed by atoms with Gasteiger partial charge in [-0.3, -0.25) is 0 Å². The molecular formula is C12H17BrO4. The first-order valence-corrected chi connectivity index (χ1v) is 5.86. The smallest absolute Gasteiger partial charge is 0.184 e. The van der Waals surface area contributed by atoms with Crippen molar-refractivity contribution < 1.29 is 18.9 Å². The molecule has 1 aromatic rings. The van der Waals surface area contributed by atoms with Gasteiger partial charge in [-0.1, -0.05) is 0 Å². The average Bonchev–Trinajstić information content (AvgIpc) is 2.34. The summed E-state index contributed by atoms with van der Waals surface area (Å²) in [7, 11) is 6.40. The van der Waals surface area contributed by atoms with Gasteiger partial charge in [0.05, 0.1) is 18.7 Å². The number of methoxy groups -OCH3 is 4. The summed E-state index contributed by atoms with van der Waals surface area (Å²) in [5, 5.41) is 0. The van der Waals surface area contributed by atoms with Gasteiger partial charge in [-0.05, 0) is 28.9 Å². The number of halogens is 1. The van der Waals surface area contributed by atoms with Crippen molar-refractivity contribution in [3.8, 4) is 11.5 Å². The predicted octanol–water partition coefficient (Wildman–Crippen LogP) is 3.07. The van der Waals surface area contributed by atoms with Crippen LogP contribution in [0.25, 0.3) is 0 Å². The second-order valence-electron chi connectivity index (χ2n) is 3.44. The van der Waals surface area contributed by atoms with Crippen molar-refractivity contribution in [1.29, 1.82) is 0 Å². The van der Waals surface area contributed by atoms with E-state index in [2.05, 4.69) is 15.9 Å².